The van der Waals surface area contributed by atoms with Crippen LogP contribution in [0.3, 0.4) is 0 Å². The largest absolute Gasteiger partial charge is 0.418 e. The van der Waals surface area contributed by atoms with E-state index in [0.717, 1.165) is 11.0 Å². The molecule has 0 saturated heterocycles. The minimum Gasteiger partial charge on any atom is -0.358 e. The number of carbonyl (C=O) groups is 1. The highest BCUT2D eigenvalue weighted by molar-refractivity contribution is 6.29. The molecule has 0 fully saturated rings. The van der Waals surface area contributed by atoms with E-state index < -0.39 is 23.5 Å². The number of hydrogen-bond donors (Lipinski definition) is 0. The predicted octanol–water partition coefficient (Wildman–Crippen LogP) is 4.22. The Kier molecular flexibility index (Phi) is 6.68. The number of anilines is 1. The van der Waals surface area contributed by atoms with Crippen LogP contribution in [0.5, 0.6) is 0 Å². The molecule has 3 nitrogen and oxygen atoms in total. The average Bonchev–Trinajstić information content (AvgIpc) is 2.45. The topological polar surface area (TPSA) is 29.5 Å². The molecule has 0 aliphatic rings. The second kappa shape index (κ2) is 7.83. The van der Waals surface area contributed by atoms with Gasteiger partial charge in [-0.3, -0.25) is 9.69 Å². The van der Waals surface area contributed by atoms with Gasteiger partial charge in [-0.05, 0) is 31.9 Å². The number of carbonyl (C=O) groups excluding carboxylic acids is 1. The van der Waals surface area contributed by atoms with E-state index in [1.54, 1.807) is 26.8 Å². The minimum absolute atomic E-state index is 0.177. The van der Waals surface area contributed by atoms with Crippen molar-refractivity contribution in [3.8, 4) is 0 Å². The maximum Gasteiger partial charge on any atom is 0.418 e. The van der Waals surface area contributed by atoms with Crippen LogP contribution in [0, 0.1) is 0 Å². The van der Waals surface area contributed by atoms with Crippen molar-refractivity contribution in [1.82, 2.24) is 0 Å². The van der Waals surface area contributed by atoms with E-state index in [-0.39, 0.29) is 18.5 Å². The van der Waals surface area contributed by atoms with E-state index in [1.165, 1.54) is 6.07 Å². The van der Waals surface area contributed by atoms with Crippen LogP contribution >= 0.6 is 11.6 Å². The summed E-state index contributed by atoms with van der Waals surface area (Å²) in [5, 5.41) is 0. The van der Waals surface area contributed by atoms with Gasteiger partial charge in [0.25, 0.3) is 0 Å². The van der Waals surface area contributed by atoms with Gasteiger partial charge in [-0.15, -0.1) is 11.6 Å². The molecule has 1 rings (SSSR count). The maximum atomic E-state index is 13.3. The van der Waals surface area contributed by atoms with Crippen molar-refractivity contribution in [3.63, 3.8) is 0 Å². The monoisotopic (exact) mass is 337 g/mol. The number of amides is 1. The third-order valence-corrected chi connectivity index (χ3v) is 3.26. The first kappa shape index (κ1) is 18.8. The number of benzene rings is 1. The summed E-state index contributed by atoms with van der Waals surface area (Å²) < 4.78 is 45.2. The smallest absolute Gasteiger partial charge is 0.358 e. The molecule has 7 heteroatoms. The number of rotatable bonds is 6. The molecular weight excluding hydrogens is 319 g/mol. The van der Waals surface area contributed by atoms with E-state index in [4.69, 9.17) is 16.3 Å². The molecule has 0 heterocycles. The summed E-state index contributed by atoms with van der Waals surface area (Å²) in [7, 11) is 0. The van der Waals surface area contributed by atoms with Gasteiger partial charge in [-0.1, -0.05) is 19.1 Å². The molecule has 0 aromatic heterocycles. The molecule has 1 aromatic carbocycles. The summed E-state index contributed by atoms with van der Waals surface area (Å²) in [6, 6.07) is 3.85. The summed E-state index contributed by atoms with van der Waals surface area (Å²) in [6.07, 6.45) is -4.44. The Hall–Kier alpha value is -1.27. The van der Waals surface area contributed by atoms with Crippen LogP contribution in [0.2, 0.25) is 0 Å². The van der Waals surface area contributed by atoms with E-state index in [1.807, 2.05) is 0 Å². The summed E-state index contributed by atoms with van der Waals surface area (Å²) in [6.45, 7) is 4.93. The molecule has 1 aromatic rings. The van der Waals surface area contributed by atoms with Crippen LogP contribution in [0.25, 0.3) is 0 Å². The summed E-state index contributed by atoms with van der Waals surface area (Å²) in [4.78, 5) is 13.0. The van der Waals surface area contributed by atoms with E-state index in [9.17, 15) is 18.0 Å². The van der Waals surface area contributed by atoms with Gasteiger partial charge < -0.3 is 4.74 Å². The molecule has 0 aliphatic heterocycles. The molecule has 124 valence electrons. The van der Waals surface area contributed by atoms with E-state index in [0.29, 0.717) is 12.0 Å². The standard InChI is InChI=1S/C15H19ClF3NO2/c1-4-11-6-5-7-12(15(17,18)19)14(11)20(13(21)8-16)9-22-10(2)3/h5-7,10H,4,8-9H2,1-3H3. The molecule has 0 unspecified atom stereocenters. The second-order valence-electron chi connectivity index (χ2n) is 4.96. The fourth-order valence-corrected chi connectivity index (χ4v) is 2.13. The summed E-state index contributed by atoms with van der Waals surface area (Å²) >= 11 is 5.55. The van der Waals surface area contributed by atoms with Gasteiger partial charge in [0.2, 0.25) is 5.91 Å². The molecule has 0 bridgehead atoms. The number of hydrogen-bond acceptors (Lipinski definition) is 2. The number of alkyl halides is 4. The number of nitrogens with zero attached hydrogens (tertiary/aromatic N) is 1. The highest BCUT2D eigenvalue weighted by Gasteiger charge is 2.37. The van der Waals surface area contributed by atoms with E-state index >= 15 is 0 Å². The Morgan fingerprint density at radius 1 is 1.36 bits per heavy atom. The molecule has 22 heavy (non-hydrogen) atoms. The Morgan fingerprint density at radius 2 is 2.00 bits per heavy atom. The van der Waals surface area contributed by atoms with Gasteiger partial charge >= 0.3 is 6.18 Å². The molecule has 0 N–H and O–H groups in total. The molecule has 0 atom stereocenters. The Morgan fingerprint density at radius 3 is 2.45 bits per heavy atom. The van der Waals surface area contributed by atoms with Crippen molar-refractivity contribution in [1.29, 1.82) is 0 Å². The van der Waals surface area contributed by atoms with Gasteiger partial charge in [0, 0.05) is 0 Å². The Balaban J connectivity index is 3.41. The fraction of sp³-hybridized carbons (Fsp3) is 0.533. The number of ether oxygens (including phenoxy) is 1. The number of para-hydroxylation sites is 1. The zero-order valence-electron chi connectivity index (χ0n) is 12.7. The van der Waals surface area contributed by atoms with Gasteiger partial charge in [-0.25, -0.2) is 0 Å². The Labute approximate surface area is 133 Å². The van der Waals surface area contributed by atoms with Crippen molar-refractivity contribution in [2.24, 2.45) is 0 Å². The average molecular weight is 338 g/mol. The maximum absolute atomic E-state index is 13.3. The highest BCUT2D eigenvalue weighted by atomic mass is 35.5. The van der Waals surface area contributed by atoms with Crippen molar-refractivity contribution in [3.05, 3.63) is 29.3 Å². The van der Waals surface area contributed by atoms with Crippen molar-refractivity contribution in [2.45, 2.75) is 39.5 Å². The first-order valence-corrected chi connectivity index (χ1v) is 7.42. The molecule has 0 spiro atoms. The van der Waals surface area contributed by atoms with Crippen molar-refractivity contribution < 1.29 is 22.7 Å². The first-order chi connectivity index (χ1) is 10.2. The zero-order valence-corrected chi connectivity index (χ0v) is 13.5. The van der Waals surface area contributed by atoms with Gasteiger partial charge in [-0.2, -0.15) is 13.2 Å². The fourth-order valence-electron chi connectivity index (χ4n) is 1.98. The third-order valence-electron chi connectivity index (χ3n) is 3.03. The van der Waals surface area contributed by atoms with Gasteiger partial charge in [0.05, 0.1) is 17.4 Å². The van der Waals surface area contributed by atoms with Crippen LogP contribution in [0.1, 0.15) is 31.9 Å². The lowest BCUT2D eigenvalue weighted by molar-refractivity contribution is -0.137. The molecular formula is C15H19ClF3NO2. The molecule has 0 saturated carbocycles. The lowest BCUT2D eigenvalue weighted by Crippen LogP contribution is -2.37. The number of halogens is 4. The van der Waals surface area contributed by atoms with Crippen LogP contribution in [0.15, 0.2) is 18.2 Å². The predicted molar refractivity (Wildman–Crippen MR) is 80.1 cm³/mol. The molecule has 0 radical (unpaired) electrons. The second-order valence-corrected chi connectivity index (χ2v) is 5.23. The van der Waals surface area contributed by atoms with Crippen LogP contribution in [-0.4, -0.2) is 24.6 Å². The third kappa shape index (κ3) is 4.61. The lowest BCUT2D eigenvalue weighted by Gasteiger charge is -2.28. The van der Waals surface area contributed by atoms with Crippen molar-refractivity contribution >= 4 is 23.2 Å². The van der Waals surface area contributed by atoms with Crippen LogP contribution in [0.4, 0.5) is 18.9 Å². The summed E-state index contributed by atoms with van der Waals surface area (Å²) in [5.74, 6) is -1.05. The normalized spacial score (nSPS) is 11.8. The lowest BCUT2D eigenvalue weighted by atomic mass is 10.0. The number of aryl methyl sites for hydroxylation is 1. The molecule has 1 amide bonds. The van der Waals surface area contributed by atoms with Crippen LogP contribution < -0.4 is 4.90 Å². The van der Waals surface area contributed by atoms with Crippen molar-refractivity contribution in [2.75, 3.05) is 17.5 Å². The minimum atomic E-state index is -4.57. The van der Waals surface area contributed by atoms with Gasteiger partial charge in [0.15, 0.2) is 0 Å². The SMILES string of the molecule is CCc1cccc(C(F)(F)F)c1N(COC(C)C)C(=O)CCl. The van der Waals surface area contributed by atoms with Crippen LogP contribution in [-0.2, 0) is 22.1 Å². The summed E-state index contributed by atoms with van der Waals surface area (Å²) in [5.41, 5.74) is -0.623. The molecule has 0 aliphatic carbocycles. The Bertz CT molecular complexity index is 518. The van der Waals surface area contributed by atoms with E-state index in [2.05, 4.69) is 0 Å². The quantitative estimate of drug-likeness (QED) is 0.574. The first-order valence-electron chi connectivity index (χ1n) is 6.89. The highest BCUT2D eigenvalue weighted by Crippen LogP contribution is 2.39. The zero-order chi connectivity index (χ0) is 16.9. The van der Waals surface area contributed by atoms with Gasteiger partial charge in [0.1, 0.15) is 12.6 Å².